The van der Waals surface area contributed by atoms with Gasteiger partial charge < -0.3 is 15.0 Å². The zero-order valence-corrected chi connectivity index (χ0v) is 8.83. The Kier molecular flexibility index (Phi) is 3.23. The van der Waals surface area contributed by atoms with Gasteiger partial charge in [0, 0.05) is 19.5 Å². The largest absolute Gasteiger partial charge is 0.375 e. The fourth-order valence-electron chi connectivity index (χ4n) is 1.30. The van der Waals surface area contributed by atoms with Crippen molar-refractivity contribution in [3.05, 3.63) is 41.8 Å². The van der Waals surface area contributed by atoms with Gasteiger partial charge in [0.25, 0.3) is 5.89 Å². The number of nitrogens with two attached hydrogens (primary N) is 1. The molecule has 0 aliphatic carbocycles. The summed E-state index contributed by atoms with van der Waals surface area (Å²) in [5.74, 6) is 0.861. The van der Waals surface area contributed by atoms with Crippen molar-refractivity contribution >= 4 is 0 Å². The molecule has 6 heteroatoms. The maximum Gasteiger partial charge on any atom is 0.252 e. The molecule has 0 saturated carbocycles. The van der Waals surface area contributed by atoms with Gasteiger partial charge in [-0.2, -0.15) is 4.98 Å². The normalized spacial score (nSPS) is 12.6. The molecule has 84 valence electrons. The van der Waals surface area contributed by atoms with Crippen molar-refractivity contribution in [2.75, 3.05) is 7.11 Å². The van der Waals surface area contributed by atoms with Gasteiger partial charge in [0.1, 0.15) is 6.61 Å². The van der Waals surface area contributed by atoms with Crippen LogP contribution in [0, 0.1) is 0 Å². The molecule has 0 unspecified atom stereocenters. The number of methoxy groups -OCH3 is 1. The van der Waals surface area contributed by atoms with Crippen molar-refractivity contribution in [2.45, 2.75) is 12.6 Å². The molecule has 0 aliphatic rings. The van der Waals surface area contributed by atoms with E-state index in [-0.39, 0.29) is 6.61 Å². The highest BCUT2D eigenvalue weighted by atomic mass is 16.5. The molecule has 1 atom stereocenters. The van der Waals surface area contributed by atoms with Gasteiger partial charge in [-0.15, -0.1) is 0 Å². The first-order valence-electron chi connectivity index (χ1n) is 4.78. The number of hydrogen-bond acceptors (Lipinski definition) is 6. The van der Waals surface area contributed by atoms with Gasteiger partial charge in [0.05, 0.1) is 6.04 Å². The van der Waals surface area contributed by atoms with E-state index in [2.05, 4.69) is 15.1 Å². The van der Waals surface area contributed by atoms with Crippen LogP contribution in [0.2, 0.25) is 0 Å². The van der Waals surface area contributed by atoms with Crippen molar-refractivity contribution in [3.63, 3.8) is 0 Å². The van der Waals surface area contributed by atoms with E-state index in [1.54, 1.807) is 19.5 Å². The molecule has 2 aromatic heterocycles. The van der Waals surface area contributed by atoms with Gasteiger partial charge in [-0.25, -0.2) is 0 Å². The number of pyridine rings is 1. The summed E-state index contributed by atoms with van der Waals surface area (Å²) in [6.07, 6.45) is 3.34. The smallest absolute Gasteiger partial charge is 0.252 e. The molecular formula is C10H12N4O2. The molecule has 2 aromatic rings. The van der Waals surface area contributed by atoms with Gasteiger partial charge in [-0.1, -0.05) is 5.16 Å². The maximum atomic E-state index is 5.97. The van der Waals surface area contributed by atoms with E-state index in [0.29, 0.717) is 11.7 Å². The zero-order chi connectivity index (χ0) is 11.4. The van der Waals surface area contributed by atoms with Crippen LogP contribution < -0.4 is 5.73 Å². The predicted octanol–water partition coefficient (Wildman–Crippen LogP) is 0.659. The third-order valence-corrected chi connectivity index (χ3v) is 2.10. The van der Waals surface area contributed by atoms with Crippen molar-refractivity contribution in [2.24, 2.45) is 5.73 Å². The summed E-state index contributed by atoms with van der Waals surface area (Å²) in [6.45, 7) is 0.288. The second-order valence-electron chi connectivity index (χ2n) is 3.24. The van der Waals surface area contributed by atoms with Gasteiger partial charge in [0.15, 0.2) is 5.82 Å². The standard InChI is InChI=1S/C10H12N4O2/c1-15-6-8-13-10(14-16-8)9(11)7-2-4-12-5-3-7/h2-5,9H,6,11H2,1H3/t9-/m0/s1. The predicted molar refractivity (Wildman–Crippen MR) is 55.3 cm³/mol. The highest BCUT2D eigenvalue weighted by Crippen LogP contribution is 2.15. The Morgan fingerprint density at radius 2 is 2.19 bits per heavy atom. The summed E-state index contributed by atoms with van der Waals surface area (Å²) in [7, 11) is 1.56. The van der Waals surface area contributed by atoms with Crippen LogP contribution >= 0.6 is 0 Å². The summed E-state index contributed by atoms with van der Waals surface area (Å²) >= 11 is 0. The lowest BCUT2D eigenvalue weighted by Crippen LogP contribution is -2.13. The summed E-state index contributed by atoms with van der Waals surface area (Å²) in [5.41, 5.74) is 6.86. The van der Waals surface area contributed by atoms with E-state index in [1.165, 1.54) is 0 Å². The summed E-state index contributed by atoms with van der Waals surface area (Å²) in [4.78, 5) is 8.04. The fourth-order valence-corrected chi connectivity index (χ4v) is 1.30. The topological polar surface area (TPSA) is 87.1 Å². The molecule has 0 amide bonds. The first kappa shape index (κ1) is 10.7. The molecule has 6 nitrogen and oxygen atoms in total. The van der Waals surface area contributed by atoms with E-state index in [4.69, 9.17) is 15.0 Å². The Hall–Kier alpha value is -1.79. The van der Waals surface area contributed by atoms with Crippen molar-refractivity contribution in [1.29, 1.82) is 0 Å². The molecule has 2 rings (SSSR count). The monoisotopic (exact) mass is 220 g/mol. The molecule has 2 N–H and O–H groups in total. The van der Waals surface area contributed by atoms with E-state index < -0.39 is 6.04 Å². The number of nitrogens with zero attached hydrogens (tertiary/aromatic N) is 3. The lowest BCUT2D eigenvalue weighted by atomic mass is 10.1. The Bertz CT molecular complexity index is 443. The zero-order valence-electron chi connectivity index (χ0n) is 8.83. The van der Waals surface area contributed by atoms with Crippen LogP contribution in [0.4, 0.5) is 0 Å². The summed E-state index contributed by atoms with van der Waals surface area (Å²) in [5, 5.41) is 3.80. The average molecular weight is 220 g/mol. The van der Waals surface area contributed by atoms with Gasteiger partial charge in [-0.05, 0) is 17.7 Å². The highest BCUT2D eigenvalue weighted by molar-refractivity contribution is 5.20. The third-order valence-electron chi connectivity index (χ3n) is 2.10. The first-order valence-corrected chi connectivity index (χ1v) is 4.78. The molecule has 0 spiro atoms. The van der Waals surface area contributed by atoms with Crippen LogP contribution in [-0.4, -0.2) is 22.2 Å². The molecule has 0 bridgehead atoms. The van der Waals surface area contributed by atoms with Crippen LogP contribution in [0.5, 0.6) is 0 Å². The lowest BCUT2D eigenvalue weighted by molar-refractivity contribution is 0.151. The Balaban J connectivity index is 2.17. The van der Waals surface area contributed by atoms with Crippen molar-refractivity contribution < 1.29 is 9.26 Å². The number of rotatable bonds is 4. The second-order valence-corrected chi connectivity index (χ2v) is 3.24. The Labute approximate surface area is 92.4 Å². The minimum atomic E-state index is -0.405. The van der Waals surface area contributed by atoms with Gasteiger partial charge >= 0.3 is 0 Å². The quantitative estimate of drug-likeness (QED) is 0.814. The van der Waals surface area contributed by atoms with Crippen molar-refractivity contribution in [3.8, 4) is 0 Å². The molecule has 0 aliphatic heterocycles. The minimum Gasteiger partial charge on any atom is -0.375 e. The SMILES string of the molecule is COCc1nc([C@@H](N)c2ccncc2)no1. The number of aromatic nitrogens is 3. The van der Waals surface area contributed by atoms with Crippen LogP contribution in [0.15, 0.2) is 29.0 Å². The third kappa shape index (κ3) is 2.23. The fraction of sp³-hybridized carbons (Fsp3) is 0.300. The van der Waals surface area contributed by atoms with Crippen LogP contribution in [0.25, 0.3) is 0 Å². The average Bonchev–Trinajstić information content (AvgIpc) is 2.78. The van der Waals surface area contributed by atoms with E-state index in [0.717, 1.165) is 5.56 Å². The molecule has 0 saturated heterocycles. The summed E-state index contributed by atoms with van der Waals surface area (Å²) < 4.78 is 9.85. The first-order chi connectivity index (χ1) is 7.81. The van der Waals surface area contributed by atoms with Crippen LogP contribution in [-0.2, 0) is 11.3 Å². The second kappa shape index (κ2) is 4.82. The Morgan fingerprint density at radius 1 is 1.44 bits per heavy atom. The van der Waals surface area contributed by atoms with E-state index >= 15 is 0 Å². The van der Waals surface area contributed by atoms with Crippen LogP contribution in [0.3, 0.4) is 0 Å². The number of ether oxygens (including phenoxy) is 1. The molecule has 0 fully saturated rings. The maximum absolute atomic E-state index is 5.97. The number of hydrogen-bond donors (Lipinski definition) is 1. The van der Waals surface area contributed by atoms with Gasteiger partial charge in [0.2, 0.25) is 0 Å². The molecule has 0 radical (unpaired) electrons. The molecule has 0 aromatic carbocycles. The molecule has 2 heterocycles. The molecular weight excluding hydrogens is 208 g/mol. The summed E-state index contributed by atoms with van der Waals surface area (Å²) in [6, 6.07) is 3.23. The minimum absolute atomic E-state index is 0.288. The van der Waals surface area contributed by atoms with Crippen molar-refractivity contribution in [1.82, 2.24) is 15.1 Å². The van der Waals surface area contributed by atoms with Crippen LogP contribution in [0.1, 0.15) is 23.3 Å². The molecule has 16 heavy (non-hydrogen) atoms. The van der Waals surface area contributed by atoms with E-state index in [9.17, 15) is 0 Å². The Morgan fingerprint density at radius 3 is 2.88 bits per heavy atom. The highest BCUT2D eigenvalue weighted by Gasteiger charge is 2.15. The van der Waals surface area contributed by atoms with Gasteiger partial charge in [-0.3, -0.25) is 4.98 Å². The van der Waals surface area contributed by atoms with E-state index in [1.807, 2.05) is 12.1 Å². The lowest BCUT2D eigenvalue weighted by Gasteiger charge is -2.05.